The van der Waals surface area contributed by atoms with E-state index in [2.05, 4.69) is 5.32 Å². The van der Waals surface area contributed by atoms with Crippen molar-refractivity contribution in [2.75, 3.05) is 33.8 Å². The van der Waals surface area contributed by atoms with Gasteiger partial charge in [0.2, 0.25) is 5.91 Å². The van der Waals surface area contributed by atoms with Gasteiger partial charge in [-0.1, -0.05) is 12.1 Å². The summed E-state index contributed by atoms with van der Waals surface area (Å²) in [6, 6.07) is 7.67. The van der Waals surface area contributed by atoms with Crippen LogP contribution in [0.2, 0.25) is 0 Å². The second-order valence-corrected chi connectivity index (χ2v) is 5.10. The summed E-state index contributed by atoms with van der Waals surface area (Å²) in [5, 5.41) is 3.17. The van der Waals surface area contributed by atoms with Crippen molar-refractivity contribution in [2.24, 2.45) is 5.92 Å². The Morgan fingerprint density at radius 2 is 2.20 bits per heavy atom. The highest BCUT2D eigenvalue weighted by atomic mass is 16.5. The fourth-order valence-electron chi connectivity index (χ4n) is 2.48. The normalized spacial score (nSPS) is 18.7. The molecule has 0 aromatic heterocycles. The number of carbonyl (C=O) groups excluding carboxylic acids is 1. The summed E-state index contributed by atoms with van der Waals surface area (Å²) >= 11 is 0. The van der Waals surface area contributed by atoms with E-state index in [0.29, 0.717) is 5.92 Å². The van der Waals surface area contributed by atoms with Gasteiger partial charge in [0.1, 0.15) is 5.75 Å². The molecule has 108 valence electrons. The topological polar surface area (TPSA) is 41.6 Å². The van der Waals surface area contributed by atoms with Gasteiger partial charge < -0.3 is 15.0 Å². The quantitative estimate of drug-likeness (QED) is 0.832. The van der Waals surface area contributed by atoms with Crippen molar-refractivity contribution in [3.05, 3.63) is 35.9 Å². The molecule has 4 heteroatoms. The third-order valence-electron chi connectivity index (χ3n) is 3.62. The Morgan fingerprint density at radius 3 is 2.85 bits per heavy atom. The number of nitrogens with one attached hydrogen (secondary N) is 1. The van der Waals surface area contributed by atoms with E-state index in [-0.39, 0.29) is 5.91 Å². The molecule has 1 aromatic rings. The number of ether oxygens (including phenoxy) is 1. The minimum atomic E-state index is 0.0967. The number of hydrogen-bond acceptors (Lipinski definition) is 3. The van der Waals surface area contributed by atoms with Gasteiger partial charge >= 0.3 is 0 Å². The Morgan fingerprint density at radius 1 is 1.45 bits per heavy atom. The van der Waals surface area contributed by atoms with Crippen molar-refractivity contribution >= 4 is 12.0 Å². The van der Waals surface area contributed by atoms with E-state index >= 15 is 0 Å². The van der Waals surface area contributed by atoms with Crippen LogP contribution in [0, 0.1) is 5.92 Å². The van der Waals surface area contributed by atoms with Crippen LogP contribution in [0.4, 0.5) is 0 Å². The second-order valence-electron chi connectivity index (χ2n) is 5.10. The first-order valence-corrected chi connectivity index (χ1v) is 6.98. The van der Waals surface area contributed by atoms with Crippen LogP contribution in [0.1, 0.15) is 12.0 Å². The lowest BCUT2D eigenvalue weighted by atomic mass is 10.1. The van der Waals surface area contributed by atoms with Crippen LogP contribution in [0.3, 0.4) is 0 Å². The van der Waals surface area contributed by atoms with Crippen LogP contribution in [0.15, 0.2) is 30.3 Å². The molecule has 0 bridgehead atoms. The van der Waals surface area contributed by atoms with Crippen molar-refractivity contribution < 1.29 is 9.53 Å². The lowest BCUT2D eigenvalue weighted by Crippen LogP contribution is -2.28. The Bertz CT molecular complexity index is 468. The molecule has 0 radical (unpaired) electrons. The average molecular weight is 274 g/mol. The first kappa shape index (κ1) is 14.6. The first-order valence-electron chi connectivity index (χ1n) is 6.98. The lowest BCUT2D eigenvalue weighted by molar-refractivity contribution is -0.125. The number of rotatable bonds is 5. The maximum Gasteiger partial charge on any atom is 0.246 e. The zero-order chi connectivity index (χ0) is 14.4. The molecule has 1 amide bonds. The monoisotopic (exact) mass is 274 g/mol. The standard InChI is InChI=1S/C16H22N2O2/c1-17-11-14-9-10-18(12-14)16(19)8-5-13-3-6-15(20-2)7-4-13/h3-8,14,17H,9-12H2,1-2H3. The second kappa shape index (κ2) is 7.10. The van der Waals surface area contributed by atoms with E-state index in [0.717, 1.165) is 37.4 Å². The highest BCUT2D eigenvalue weighted by Gasteiger charge is 2.24. The summed E-state index contributed by atoms with van der Waals surface area (Å²) in [4.78, 5) is 14.0. The molecule has 1 fully saturated rings. The molecular weight excluding hydrogens is 252 g/mol. The summed E-state index contributed by atoms with van der Waals surface area (Å²) in [6.45, 7) is 2.69. The van der Waals surface area contributed by atoms with Gasteiger partial charge in [-0.25, -0.2) is 0 Å². The van der Waals surface area contributed by atoms with Gasteiger partial charge in [-0.05, 0) is 49.7 Å². The van der Waals surface area contributed by atoms with Crippen LogP contribution in [-0.4, -0.2) is 44.6 Å². The summed E-state index contributed by atoms with van der Waals surface area (Å²) in [5.74, 6) is 1.50. The van der Waals surface area contributed by atoms with Gasteiger partial charge in [0.05, 0.1) is 7.11 Å². The third kappa shape index (κ3) is 3.84. The highest BCUT2D eigenvalue weighted by Crippen LogP contribution is 2.16. The molecular formula is C16H22N2O2. The molecule has 1 N–H and O–H groups in total. The van der Waals surface area contributed by atoms with Gasteiger partial charge in [-0.3, -0.25) is 4.79 Å². The van der Waals surface area contributed by atoms with Gasteiger partial charge in [-0.2, -0.15) is 0 Å². The summed E-state index contributed by atoms with van der Waals surface area (Å²) in [6.07, 6.45) is 4.60. The highest BCUT2D eigenvalue weighted by molar-refractivity contribution is 5.91. The number of methoxy groups -OCH3 is 1. The zero-order valence-electron chi connectivity index (χ0n) is 12.1. The fraction of sp³-hybridized carbons (Fsp3) is 0.438. The fourth-order valence-corrected chi connectivity index (χ4v) is 2.48. The van der Waals surface area contributed by atoms with Gasteiger partial charge in [0.15, 0.2) is 0 Å². The van der Waals surface area contributed by atoms with Crippen molar-refractivity contribution in [1.82, 2.24) is 10.2 Å². The van der Waals surface area contributed by atoms with Crippen molar-refractivity contribution in [3.63, 3.8) is 0 Å². The molecule has 1 heterocycles. The van der Waals surface area contributed by atoms with E-state index in [1.54, 1.807) is 13.2 Å². The number of benzene rings is 1. The lowest BCUT2D eigenvalue weighted by Gasteiger charge is -2.14. The van der Waals surface area contributed by atoms with Crippen molar-refractivity contribution in [1.29, 1.82) is 0 Å². The zero-order valence-corrected chi connectivity index (χ0v) is 12.1. The van der Waals surface area contributed by atoms with Crippen LogP contribution < -0.4 is 10.1 Å². The number of carbonyl (C=O) groups is 1. The van der Waals surface area contributed by atoms with Crippen molar-refractivity contribution in [3.8, 4) is 5.75 Å². The molecule has 1 aliphatic rings. The molecule has 20 heavy (non-hydrogen) atoms. The summed E-state index contributed by atoms with van der Waals surface area (Å²) in [5.41, 5.74) is 1.00. The Kier molecular flexibility index (Phi) is 5.18. The Hall–Kier alpha value is -1.81. The van der Waals surface area contributed by atoms with Crippen LogP contribution in [0.25, 0.3) is 6.08 Å². The van der Waals surface area contributed by atoms with Gasteiger partial charge in [-0.15, -0.1) is 0 Å². The Labute approximate surface area is 120 Å². The maximum absolute atomic E-state index is 12.1. The first-order chi connectivity index (χ1) is 9.72. The molecule has 1 aromatic carbocycles. The molecule has 0 aliphatic carbocycles. The molecule has 0 saturated carbocycles. The smallest absolute Gasteiger partial charge is 0.246 e. The van der Waals surface area contributed by atoms with E-state index in [1.165, 1.54) is 0 Å². The molecule has 4 nitrogen and oxygen atoms in total. The maximum atomic E-state index is 12.1. The van der Waals surface area contributed by atoms with E-state index in [9.17, 15) is 4.79 Å². The molecule has 1 unspecified atom stereocenters. The molecule has 0 spiro atoms. The summed E-state index contributed by atoms with van der Waals surface area (Å²) in [7, 11) is 3.59. The third-order valence-corrected chi connectivity index (χ3v) is 3.62. The number of amides is 1. The molecule has 1 atom stereocenters. The van der Waals surface area contributed by atoms with E-state index in [1.807, 2.05) is 42.3 Å². The molecule has 1 saturated heterocycles. The minimum Gasteiger partial charge on any atom is -0.497 e. The number of nitrogens with zero attached hydrogens (tertiary/aromatic N) is 1. The van der Waals surface area contributed by atoms with Gasteiger partial charge in [0.25, 0.3) is 0 Å². The van der Waals surface area contributed by atoms with E-state index in [4.69, 9.17) is 4.74 Å². The molecule has 2 rings (SSSR count). The predicted molar refractivity (Wildman–Crippen MR) is 80.6 cm³/mol. The van der Waals surface area contributed by atoms with E-state index < -0.39 is 0 Å². The van der Waals surface area contributed by atoms with Crippen LogP contribution >= 0.6 is 0 Å². The van der Waals surface area contributed by atoms with Crippen molar-refractivity contribution in [2.45, 2.75) is 6.42 Å². The van der Waals surface area contributed by atoms with Crippen LogP contribution in [0.5, 0.6) is 5.75 Å². The SMILES string of the molecule is CNCC1CCN(C(=O)C=Cc2ccc(OC)cc2)C1. The predicted octanol–water partition coefficient (Wildman–Crippen LogP) is 1.78. The Balaban J connectivity index is 1.89. The average Bonchev–Trinajstić information content (AvgIpc) is 2.94. The number of likely N-dealkylation sites (tertiary alicyclic amines) is 1. The number of hydrogen-bond donors (Lipinski definition) is 1. The molecule has 1 aliphatic heterocycles. The van der Waals surface area contributed by atoms with Crippen LogP contribution in [-0.2, 0) is 4.79 Å². The summed E-state index contributed by atoms with van der Waals surface area (Å²) < 4.78 is 5.11. The largest absolute Gasteiger partial charge is 0.497 e. The minimum absolute atomic E-state index is 0.0967. The van der Waals surface area contributed by atoms with Gasteiger partial charge in [0, 0.05) is 19.2 Å².